The number of carbonyl (C=O) groups excluding carboxylic acids is 4. The van der Waals surface area contributed by atoms with Crippen molar-refractivity contribution < 1.29 is 19.2 Å². The fraction of sp³-hybridized carbons (Fsp3) is 0.385. The molecule has 0 saturated heterocycles. The minimum Gasteiger partial charge on any atom is -0.268 e. The number of fused-ring (bicyclic) bond motifs is 2. The van der Waals surface area contributed by atoms with E-state index in [2.05, 4.69) is 0 Å². The molecule has 2 aromatic rings. The van der Waals surface area contributed by atoms with Crippen LogP contribution in [-0.4, -0.2) is 43.7 Å². The first kappa shape index (κ1) is 24.5. The molecule has 2 aromatic carbocycles. The summed E-state index contributed by atoms with van der Waals surface area (Å²) in [5, 5.41) is 0. The number of nitrogens with zero attached hydrogens (tertiary/aromatic N) is 2. The summed E-state index contributed by atoms with van der Waals surface area (Å²) in [5.41, 5.74) is 2.01. The van der Waals surface area contributed by atoms with Gasteiger partial charge in [-0.25, -0.2) is 8.61 Å². The molecule has 2 aliphatic heterocycles. The van der Waals surface area contributed by atoms with E-state index in [-0.39, 0.29) is 23.6 Å². The summed E-state index contributed by atoms with van der Waals surface area (Å²) in [4.78, 5) is 49.3. The van der Waals surface area contributed by atoms with Gasteiger partial charge in [0, 0.05) is 11.5 Å². The Bertz CT molecular complexity index is 932. The van der Waals surface area contributed by atoms with Gasteiger partial charge in [0.25, 0.3) is 23.6 Å². The van der Waals surface area contributed by atoms with Gasteiger partial charge < -0.3 is 0 Å². The van der Waals surface area contributed by atoms with Gasteiger partial charge in [0.05, 0.1) is 22.3 Å². The molecule has 0 spiro atoms. The second-order valence-electron chi connectivity index (χ2n) is 8.40. The molecule has 2 heterocycles. The van der Waals surface area contributed by atoms with Crippen molar-refractivity contribution in [1.82, 2.24) is 8.61 Å². The van der Waals surface area contributed by atoms with Crippen LogP contribution in [0.2, 0.25) is 0 Å². The molecule has 0 aromatic heterocycles. The highest BCUT2D eigenvalue weighted by Gasteiger charge is 2.36. The highest BCUT2D eigenvalue weighted by molar-refractivity contribution is 7.98. The van der Waals surface area contributed by atoms with Crippen LogP contribution in [0.4, 0.5) is 0 Å². The molecule has 8 heteroatoms. The Balaban J connectivity index is 0.999. The minimum absolute atomic E-state index is 0.202. The van der Waals surface area contributed by atoms with Crippen LogP contribution in [0, 0.1) is 0 Å². The van der Waals surface area contributed by atoms with E-state index in [1.807, 2.05) is 0 Å². The number of benzene rings is 2. The van der Waals surface area contributed by atoms with Crippen LogP contribution < -0.4 is 0 Å². The van der Waals surface area contributed by atoms with Gasteiger partial charge in [-0.05, 0) is 61.0 Å². The smallest absolute Gasteiger partial charge is 0.268 e. The average Bonchev–Trinajstić information content (AvgIpc) is 3.25. The van der Waals surface area contributed by atoms with Gasteiger partial charge in [0.1, 0.15) is 0 Å². The van der Waals surface area contributed by atoms with E-state index in [1.54, 1.807) is 48.5 Å². The molecule has 0 N–H and O–H groups in total. The van der Waals surface area contributed by atoms with Crippen LogP contribution in [0.3, 0.4) is 0 Å². The summed E-state index contributed by atoms with van der Waals surface area (Å²) in [5.74, 6) is 0.720. The number of imide groups is 2. The fourth-order valence-electron chi connectivity index (χ4n) is 4.15. The summed E-state index contributed by atoms with van der Waals surface area (Å²) in [6, 6.07) is 14.0. The van der Waals surface area contributed by atoms with Crippen molar-refractivity contribution in [3.8, 4) is 0 Å². The SMILES string of the molecule is O=C1c2ccccc2C(=O)N1SCCCCCCCCCCSN1C(=O)c2ccccc2C1=O. The lowest BCUT2D eigenvalue weighted by Gasteiger charge is -2.12. The number of carbonyl (C=O) groups is 4. The van der Waals surface area contributed by atoms with Crippen molar-refractivity contribution in [2.45, 2.75) is 51.4 Å². The largest absolute Gasteiger partial charge is 0.271 e. The molecule has 0 fully saturated rings. The van der Waals surface area contributed by atoms with Gasteiger partial charge in [-0.2, -0.15) is 0 Å². The first-order valence-corrected chi connectivity index (χ1v) is 13.7. The fourth-order valence-corrected chi connectivity index (χ4v) is 6.04. The van der Waals surface area contributed by atoms with Gasteiger partial charge >= 0.3 is 0 Å². The molecule has 0 aliphatic carbocycles. The maximum atomic E-state index is 12.3. The molecule has 0 radical (unpaired) electrons. The van der Waals surface area contributed by atoms with E-state index in [4.69, 9.17) is 0 Å². The third kappa shape index (κ3) is 5.39. The summed E-state index contributed by atoms with van der Waals surface area (Å²) in [7, 11) is 0. The molecule has 34 heavy (non-hydrogen) atoms. The highest BCUT2D eigenvalue weighted by atomic mass is 32.2. The second kappa shape index (κ2) is 11.7. The van der Waals surface area contributed by atoms with Crippen LogP contribution in [0.5, 0.6) is 0 Å². The van der Waals surface area contributed by atoms with Crippen molar-refractivity contribution in [3.63, 3.8) is 0 Å². The standard InChI is InChI=1S/C26H28N2O4S2/c29-23-19-13-7-8-14-20(19)24(30)27(23)33-17-11-5-3-1-2-4-6-12-18-34-28-25(31)21-15-9-10-16-22(21)26(28)32/h7-10,13-16H,1-6,11-12,17-18H2. The Morgan fingerprint density at radius 3 is 1.00 bits per heavy atom. The van der Waals surface area contributed by atoms with Crippen LogP contribution in [0.25, 0.3) is 0 Å². The Kier molecular flexibility index (Phi) is 8.45. The second-order valence-corrected chi connectivity index (χ2v) is 10.5. The molecule has 6 nitrogen and oxygen atoms in total. The zero-order valence-electron chi connectivity index (χ0n) is 19.0. The molecule has 2 aliphatic rings. The average molecular weight is 497 g/mol. The lowest BCUT2D eigenvalue weighted by Crippen LogP contribution is -2.22. The highest BCUT2D eigenvalue weighted by Crippen LogP contribution is 2.30. The minimum atomic E-state index is -0.202. The number of amides is 4. The van der Waals surface area contributed by atoms with Gasteiger partial charge in [-0.1, -0.05) is 62.8 Å². The zero-order chi connectivity index (χ0) is 23.9. The molecular formula is C26H28N2O4S2. The van der Waals surface area contributed by atoms with E-state index in [0.717, 1.165) is 50.0 Å². The monoisotopic (exact) mass is 496 g/mol. The normalized spacial score (nSPS) is 14.8. The molecular weight excluding hydrogens is 468 g/mol. The van der Waals surface area contributed by atoms with Crippen molar-refractivity contribution in [2.75, 3.05) is 11.5 Å². The van der Waals surface area contributed by atoms with E-state index in [1.165, 1.54) is 45.3 Å². The molecule has 0 saturated carbocycles. The molecule has 178 valence electrons. The van der Waals surface area contributed by atoms with Crippen LogP contribution in [-0.2, 0) is 0 Å². The maximum Gasteiger partial charge on any atom is 0.271 e. The van der Waals surface area contributed by atoms with Gasteiger partial charge in [0.15, 0.2) is 0 Å². The Labute approximate surface area is 208 Å². The topological polar surface area (TPSA) is 74.8 Å². The quantitative estimate of drug-likeness (QED) is 0.192. The van der Waals surface area contributed by atoms with Gasteiger partial charge in [0.2, 0.25) is 0 Å². The number of unbranched alkanes of at least 4 members (excludes halogenated alkanes) is 7. The molecule has 0 unspecified atom stereocenters. The molecule has 0 bridgehead atoms. The number of hydrogen-bond acceptors (Lipinski definition) is 6. The first-order valence-electron chi connectivity index (χ1n) is 11.8. The predicted octanol–water partition coefficient (Wildman–Crippen LogP) is 6.00. The van der Waals surface area contributed by atoms with Crippen LogP contribution in [0.15, 0.2) is 48.5 Å². The molecule has 4 amide bonds. The first-order chi connectivity index (χ1) is 16.6. The van der Waals surface area contributed by atoms with E-state index < -0.39 is 0 Å². The predicted molar refractivity (Wildman–Crippen MR) is 136 cm³/mol. The third-order valence-electron chi connectivity index (χ3n) is 5.99. The summed E-state index contributed by atoms with van der Waals surface area (Å²) >= 11 is 2.64. The van der Waals surface area contributed by atoms with Crippen molar-refractivity contribution >= 4 is 47.5 Å². The summed E-state index contributed by atoms with van der Waals surface area (Å²) in [6.45, 7) is 0. The summed E-state index contributed by atoms with van der Waals surface area (Å²) in [6.07, 6.45) is 8.77. The van der Waals surface area contributed by atoms with Crippen molar-refractivity contribution in [1.29, 1.82) is 0 Å². The lowest BCUT2D eigenvalue weighted by molar-refractivity contribution is 0.0760. The van der Waals surface area contributed by atoms with Crippen LogP contribution in [0.1, 0.15) is 92.8 Å². The Morgan fingerprint density at radius 1 is 0.441 bits per heavy atom. The number of rotatable bonds is 13. The Hall–Kier alpha value is -2.58. The Morgan fingerprint density at radius 2 is 0.706 bits per heavy atom. The van der Waals surface area contributed by atoms with Crippen molar-refractivity contribution in [2.24, 2.45) is 0 Å². The third-order valence-corrected chi connectivity index (χ3v) is 8.12. The summed E-state index contributed by atoms with van der Waals surface area (Å²) < 4.78 is 2.59. The molecule has 0 atom stereocenters. The van der Waals surface area contributed by atoms with Gasteiger partial charge in [-0.15, -0.1) is 0 Å². The van der Waals surface area contributed by atoms with E-state index >= 15 is 0 Å². The van der Waals surface area contributed by atoms with E-state index in [9.17, 15) is 19.2 Å². The zero-order valence-corrected chi connectivity index (χ0v) is 20.7. The van der Waals surface area contributed by atoms with Gasteiger partial charge in [-0.3, -0.25) is 19.2 Å². The maximum absolute atomic E-state index is 12.3. The van der Waals surface area contributed by atoms with Crippen molar-refractivity contribution in [3.05, 3.63) is 70.8 Å². The van der Waals surface area contributed by atoms with E-state index in [0.29, 0.717) is 22.3 Å². The number of hydrogen-bond donors (Lipinski definition) is 0. The van der Waals surface area contributed by atoms with Crippen LogP contribution >= 0.6 is 23.9 Å². The lowest BCUT2D eigenvalue weighted by atomic mass is 10.1. The molecule has 4 rings (SSSR count).